The summed E-state index contributed by atoms with van der Waals surface area (Å²) in [6.45, 7) is 0. The Kier molecular flexibility index (Phi) is 3.97. The Morgan fingerprint density at radius 3 is 2.43 bits per heavy atom. The molecule has 0 saturated carbocycles. The first-order valence-corrected chi connectivity index (χ1v) is 8.44. The van der Waals surface area contributed by atoms with Crippen molar-refractivity contribution in [3.63, 3.8) is 0 Å². The van der Waals surface area contributed by atoms with Crippen LogP contribution < -0.4 is 9.47 Å². The summed E-state index contributed by atoms with van der Waals surface area (Å²) in [5.74, 6) is 0.714. The summed E-state index contributed by atoms with van der Waals surface area (Å²) in [5.41, 5.74) is 0.496. The summed E-state index contributed by atoms with van der Waals surface area (Å²) in [6, 6.07) is 3.38. The van der Waals surface area contributed by atoms with Gasteiger partial charge >= 0.3 is 0 Å². The number of carbonyl (C=O) groups excluding carboxylic acids is 1. The number of rotatable bonds is 4. The fraction of sp³-hybridized carbons (Fsp3) is 0.600. The average Bonchev–Trinajstić information content (AvgIpc) is 2.75. The molecular formula is C15H19NO4S. The Morgan fingerprint density at radius 2 is 1.86 bits per heavy atom. The lowest BCUT2D eigenvalue weighted by atomic mass is 9.91. The normalized spacial score (nSPS) is 31.0. The van der Waals surface area contributed by atoms with E-state index in [0.717, 1.165) is 25.7 Å². The molecule has 3 heterocycles. The van der Waals surface area contributed by atoms with Crippen molar-refractivity contribution in [3.8, 4) is 11.8 Å². The third-order valence-electron chi connectivity index (χ3n) is 4.44. The van der Waals surface area contributed by atoms with Crippen LogP contribution in [0.3, 0.4) is 0 Å². The van der Waals surface area contributed by atoms with Gasteiger partial charge in [0, 0.05) is 33.3 Å². The molecule has 1 aromatic heterocycles. The summed E-state index contributed by atoms with van der Waals surface area (Å²) >= 11 is 0. The molecule has 2 unspecified atom stereocenters. The molecule has 2 saturated heterocycles. The number of ether oxygens (including phenoxy) is 2. The maximum Gasteiger partial charge on any atom is 0.227 e. The van der Waals surface area contributed by atoms with Crippen molar-refractivity contribution in [1.29, 1.82) is 0 Å². The maximum absolute atomic E-state index is 12.7. The van der Waals surface area contributed by atoms with Crippen molar-refractivity contribution in [2.75, 3.05) is 14.2 Å². The van der Waals surface area contributed by atoms with Crippen LogP contribution >= 0.6 is 0 Å². The fourth-order valence-corrected chi connectivity index (χ4v) is 5.47. The lowest BCUT2D eigenvalue weighted by Gasteiger charge is -2.26. The standard InChI is InChI=1S/C15H19NO4S/c1-19-13-6-5-12(15(16-13)20-2)14(17)9-7-10-3-4-11(8-9)21(10)18/h5-6,9-11H,3-4,7-8H2,1-2H3. The number of hydrogen-bond acceptors (Lipinski definition) is 5. The first kappa shape index (κ1) is 14.5. The van der Waals surface area contributed by atoms with E-state index in [0.29, 0.717) is 17.3 Å². The van der Waals surface area contributed by atoms with Crippen molar-refractivity contribution >= 4 is 16.6 Å². The van der Waals surface area contributed by atoms with Gasteiger partial charge in [0.15, 0.2) is 5.78 Å². The van der Waals surface area contributed by atoms with Gasteiger partial charge in [0.2, 0.25) is 11.8 Å². The smallest absolute Gasteiger partial charge is 0.227 e. The lowest BCUT2D eigenvalue weighted by molar-refractivity contribution is 0.0902. The molecule has 0 N–H and O–H groups in total. The predicted octanol–water partition coefficient (Wildman–Crippen LogP) is 1.97. The molecule has 0 aliphatic carbocycles. The largest absolute Gasteiger partial charge is 0.481 e. The van der Waals surface area contributed by atoms with Gasteiger partial charge in [0.05, 0.1) is 19.8 Å². The van der Waals surface area contributed by atoms with Crippen LogP contribution in [0.2, 0.25) is 0 Å². The Morgan fingerprint density at radius 1 is 1.19 bits per heavy atom. The lowest BCUT2D eigenvalue weighted by Crippen LogP contribution is -2.32. The molecule has 21 heavy (non-hydrogen) atoms. The molecule has 0 aromatic carbocycles. The van der Waals surface area contributed by atoms with Crippen molar-refractivity contribution in [3.05, 3.63) is 17.7 Å². The first-order valence-electron chi connectivity index (χ1n) is 7.16. The molecule has 1 aromatic rings. The Hall–Kier alpha value is -1.43. The van der Waals surface area contributed by atoms with Gasteiger partial charge in [-0.25, -0.2) is 0 Å². The molecule has 0 spiro atoms. The fourth-order valence-electron chi connectivity index (χ4n) is 3.35. The van der Waals surface area contributed by atoms with Gasteiger partial charge in [-0.3, -0.25) is 9.00 Å². The molecule has 2 aliphatic heterocycles. The van der Waals surface area contributed by atoms with E-state index in [1.165, 1.54) is 14.2 Å². The van der Waals surface area contributed by atoms with Crippen LogP contribution in [-0.4, -0.2) is 39.7 Å². The highest BCUT2D eigenvalue weighted by Gasteiger charge is 2.43. The molecule has 2 bridgehead atoms. The molecule has 3 rings (SSSR count). The van der Waals surface area contributed by atoms with Crippen molar-refractivity contribution in [2.45, 2.75) is 36.2 Å². The number of methoxy groups -OCH3 is 2. The van der Waals surface area contributed by atoms with Gasteiger partial charge < -0.3 is 9.47 Å². The number of Topliss-reactive ketones (excluding diaryl/α,β-unsaturated/α-hetero) is 1. The van der Waals surface area contributed by atoms with Gasteiger partial charge in [-0.05, 0) is 31.7 Å². The minimum Gasteiger partial charge on any atom is -0.481 e. The molecule has 114 valence electrons. The molecule has 0 amide bonds. The molecule has 2 fully saturated rings. The Balaban J connectivity index is 1.84. The second-order valence-electron chi connectivity index (χ2n) is 5.59. The van der Waals surface area contributed by atoms with E-state index in [1.54, 1.807) is 12.1 Å². The number of fused-ring (bicyclic) bond motifs is 2. The summed E-state index contributed by atoms with van der Waals surface area (Å²) in [5, 5.41) is 0.379. The van der Waals surface area contributed by atoms with Gasteiger partial charge in [0.1, 0.15) is 0 Å². The zero-order valence-electron chi connectivity index (χ0n) is 12.2. The van der Waals surface area contributed by atoms with E-state index in [-0.39, 0.29) is 22.2 Å². The molecule has 6 heteroatoms. The zero-order valence-corrected chi connectivity index (χ0v) is 13.0. The third kappa shape index (κ3) is 2.57. The van der Waals surface area contributed by atoms with Crippen LogP contribution in [0.4, 0.5) is 0 Å². The van der Waals surface area contributed by atoms with Crippen molar-refractivity contribution in [1.82, 2.24) is 4.98 Å². The summed E-state index contributed by atoms with van der Waals surface area (Å²) < 4.78 is 22.3. The average molecular weight is 309 g/mol. The van der Waals surface area contributed by atoms with Crippen LogP contribution in [0, 0.1) is 5.92 Å². The van der Waals surface area contributed by atoms with Crippen LogP contribution in [-0.2, 0) is 10.8 Å². The van der Waals surface area contributed by atoms with Crippen molar-refractivity contribution < 1.29 is 18.5 Å². The van der Waals surface area contributed by atoms with Gasteiger partial charge in [0.25, 0.3) is 0 Å². The summed E-state index contributed by atoms with van der Waals surface area (Å²) in [4.78, 5) is 16.9. The highest BCUT2D eigenvalue weighted by atomic mass is 32.2. The number of hydrogen-bond donors (Lipinski definition) is 0. The van der Waals surface area contributed by atoms with Gasteiger partial charge in [-0.15, -0.1) is 0 Å². The van der Waals surface area contributed by atoms with E-state index < -0.39 is 10.8 Å². The number of nitrogens with zero attached hydrogens (tertiary/aromatic N) is 1. The molecule has 0 radical (unpaired) electrons. The summed E-state index contributed by atoms with van der Waals surface area (Å²) in [7, 11) is 2.28. The number of carbonyl (C=O) groups is 1. The second kappa shape index (κ2) is 5.75. The van der Waals surface area contributed by atoms with E-state index >= 15 is 0 Å². The van der Waals surface area contributed by atoms with Crippen LogP contribution in [0.1, 0.15) is 36.0 Å². The van der Waals surface area contributed by atoms with E-state index in [4.69, 9.17) is 9.47 Å². The van der Waals surface area contributed by atoms with Crippen LogP contribution in [0.15, 0.2) is 12.1 Å². The molecule has 5 nitrogen and oxygen atoms in total. The number of ketones is 1. The second-order valence-corrected chi connectivity index (χ2v) is 7.58. The van der Waals surface area contributed by atoms with E-state index in [2.05, 4.69) is 4.98 Å². The topological polar surface area (TPSA) is 65.5 Å². The quantitative estimate of drug-likeness (QED) is 0.796. The Labute approximate surface area is 126 Å². The van der Waals surface area contributed by atoms with Gasteiger partial charge in [-0.1, -0.05) is 0 Å². The SMILES string of the molecule is COc1ccc(C(=O)C2CC3CCC(C2)S3=O)c(OC)n1. The minimum absolute atomic E-state index is 0.0515. The molecular weight excluding hydrogens is 290 g/mol. The molecule has 2 atom stereocenters. The third-order valence-corrected chi connectivity index (χ3v) is 6.61. The van der Waals surface area contributed by atoms with E-state index in [9.17, 15) is 9.00 Å². The first-order chi connectivity index (χ1) is 10.1. The highest BCUT2D eigenvalue weighted by Crippen LogP contribution is 2.40. The maximum atomic E-state index is 12.7. The summed E-state index contributed by atoms with van der Waals surface area (Å²) in [6.07, 6.45) is 3.41. The zero-order chi connectivity index (χ0) is 15.0. The predicted molar refractivity (Wildman–Crippen MR) is 79.3 cm³/mol. The van der Waals surface area contributed by atoms with E-state index in [1.807, 2.05) is 0 Å². The van der Waals surface area contributed by atoms with Crippen LogP contribution in [0.5, 0.6) is 11.8 Å². The number of aromatic nitrogens is 1. The van der Waals surface area contributed by atoms with Crippen LogP contribution in [0.25, 0.3) is 0 Å². The molecule has 2 aliphatic rings. The number of pyridine rings is 1. The van der Waals surface area contributed by atoms with Gasteiger partial charge in [-0.2, -0.15) is 4.98 Å². The minimum atomic E-state index is -0.744. The van der Waals surface area contributed by atoms with Crippen molar-refractivity contribution in [2.24, 2.45) is 5.92 Å². The highest BCUT2D eigenvalue weighted by molar-refractivity contribution is 7.86. The monoisotopic (exact) mass is 309 g/mol. The Bertz CT molecular complexity index is 573.